The second kappa shape index (κ2) is 13.8. The van der Waals surface area contributed by atoms with Crippen LogP contribution in [0.2, 0.25) is 0 Å². The first-order valence-electron chi connectivity index (χ1n) is 14.8. The second-order valence-corrected chi connectivity index (χ2v) is 11.6. The maximum atomic E-state index is 14.1. The lowest BCUT2D eigenvalue weighted by Crippen LogP contribution is -2.31. The second-order valence-electron chi connectivity index (χ2n) is 10.5. The lowest BCUT2D eigenvalue weighted by Gasteiger charge is -2.29. The van der Waals surface area contributed by atoms with Gasteiger partial charge in [0.2, 0.25) is 11.1 Å². The van der Waals surface area contributed by atoms with E-state index < -0.39 is 6.04 Å². The zero-order chi connectivity index (χ0) is 30.3. The molecule has 43 heavy (non-hydrogen) atoms. The highest BCUT2D eigenvalue weighted by Gasteiger charge is 2.35. The molecule has 9 heteroatoms. The first-order chi connectivity index (χ1) is 20.9. The van der Waals surface area contributed by atoms with Crippen molar-refractivity contribution in [1.29, 1.82) is 0 Å². The van der Waals surface area contributed by atoms with Gasteiger partial charge in [0.15, 0.2) is 11.5 Å². The molecule has 2 N–H and O–H groups in total. The number of rotatable bonds is 12. The molecule has 5 rings (SSSR count). The van der Waals surface area contributed by atoms with E-state index >= 15 is 0 Å². The SMILES string of the molecule is CCCCSc1nc2n(n1)C(c1ccc(OCc3ccccc3)c(OCC)c1)C(C(=O)Nc1cccc(C)c1C)=C(C)N2. The zero-order valence-corrected chi connectivity index (χ0v) is 26.3. The van der Waals surface area contributed by atoms with Gasteiger partial charge in [0.25, 0.3) is 5.91 Å². The van der Waals surface area contributed by atoms with E-state index in [0.717, 1.165) is 52.2 Å². The summed E-state index contributed by atoms with van der Waals surface area (Å²) < 4.78 is 14.0. The number of thioether (sulfide) groups is 1. The maximum Gasteiger partial charge on any atom is 0.255 e. The Kier molecular flexibility index (Phi) is 9.72. The molecule has 2 heterocycles. The molecule has 4 aromatic rings. The topological polar surface area (TPSA) is 90.3 Å². The number of unbranched alkanes of at least 4 members (excludes halogenated alkanes) is 1. The summed E-state index contributed by atoms with van der Waals surface area (Å²) in [6, 6.07) is 21.3. The number of nitrogens with one attached hydrogen (secondary N) is 2. The van der Waals surface area contributed by atoms with Crippen molar-refractivity contribution >= 4 is 29.3 Å². The minimum atomic E-state index is -0.531. The van der Waals surface area contributed by atoms with Crippen LogP contribution in [0.4, 0.5) is 11.6 Å². The largest absolute Gasteiger partial charge is 0.490 e. The number of benzene rings is 3. The number of aryl methyl sites for hydroxylation is 1. The van der Waals surface area contributed by atoms with E-state index in [1.807, 2.05) is 99.1 Å². The summed E-state index contributed by atoms with van der Waals surface area (Å²) in [6.45, 7) is 11.0. The van der Waals surface area contributed by atoms with Crippen LogP contribution in [-0.2, 0) is 11.4 Å². The smallest absolute Gasteiger partial charge is 0.255 e. The van der Waals surface area contributed by atoms with Crippen LogP contribution in [-0.4, -0.2) is 33.0 Å². The predicted octanol–water partition coefficient (Wildman–Crippen LogP) is 7.69. The number of amides is 1. The van der Waals surface area contributed by atoms with E-state index in [2.05, 4.69) is 17.6 Å². The van der Waals surface area contributed by atoms with Crippen molar-refractivity contribution in [3.05, 3.63) is 100 Å². The third-order valence-electron chi connectivity index (χ3n) is 7.48. The first kappa shape index (κ1) is 30.2. The van der Waals surface area contributed by atoms with E-state index in [-0.39, 0.29) is 5.91 Å². The molecule has 1 amide bonds. The molecule has 0 spiro atoms. The lowest BCUT2D eigenvalue weighted by atomic mass is 9.94. The van der Waals surface area contributed by atoms with Crippen molar-refractivity contribution in [3.8, 4) is 11.5 Å². The van der Waals surface area contributed by atoms with Crippen molar-refractivity contribution < 1.29 is 14.3 Å². The van der Waals surface area contributed by atoms with Crippen molar-refractivity contribution in [3.63, 3.8) is 0 Å². The van der Waals surface area contributed by atoms with Gasteiger partial charge in [-0.25, -0.2) is 4.68 Å². The number of carbonyl (C=O) groups is 1. The summed E-state index contributed by atoms with van der Waals surface area (Å²) in [4.78, 5) is 18.8. The standard InChI is InChI=1S/C34H39N5O3S/c1-6-8-19-43-34-37-33-35-24(5)30(32(40)36-27-16-12-13-22(3)23(27)4)31(39(33)38-34)26-17-18-28(29(20-26)41-7-2)42-21-25-14-10-9-11-15-25/h9-18,20,31H,6-8,19,21H2,1-5H3,(H,36,40)(H,35,37,38). The van der Waals surface area contributed by atoms with Crippen LogP contribution in [0.15, 0.2) is 83.2 Å². The highest BCUT2D eigenvalue weighted by molar-refractivity contribution is 7.99. The Bertz CT molecular complexity index is 1620. The Labute approximate surface area is 257 Å². The van der Waals surface area contributed by atoms with Crippen molar-refractivity contribution in [2.45, 2.75) is 65.3 Å². The summed E-state index contributed by atoms with van der Waals surface area (Å²) >= 11 is 1.62. The molecule has 224 valence electrons. The van der Waals surface area contributed by atoms with Gasteiger partial charge < -0.3 is 20.1 Å². The highest BCUT2D eigenvalue weighted by atomic mass is 32.2. The van der Waals surface area contributed by atoms with Gasteiger partial charge in [-0.1, -0.05) is 73.6 Å². The van der Waals surface area contributed by atoms with Crippen LogP contribution in [0.1, 0.15) is 61.9 Å². The fraction of sp³-hybridized carbons (Fsp3) is 0.324. The average molecular weight is 598 g/mol. The van der Waals surface area contributed by atoms with Gasteiger partial charge in [-0.2, -0.15) is 4.98 Å². The minimum Gasteiger partial charge on any atom is -0.490 e. The van der Waals surface area contributed by atoms with Crippen LogP contribution in [0.3, 0.4) is 0 Å². The predicted molar refractivity (Wildman–Crippen MR) is 173 cm³/mol. The van der Waals surface area contributed by atoms with Gasteiger partial charge in [-0.15, -0.1) is 5.10 Å². The number of hydrogen-bond acceptors (Lipinski definition) is 7. The van der Waals surface area contributed by atoms with Crippen LogP contribution >= 0.6 is 11.8 Å². The average Bonchev–Trinajstić information content (AvgIpc) is 3.41. The normalized spacial score (nSPS) is 14.2. The molecular weight excluding hydrogens is 558 g/mol. The summed E-state index contributed by atoms with van der Waals surface area (Å²) in [5.41, 5.74) is 6.12. The van der Waals surface area contributed by atoms with Crippen molar-refractivity contribution in [2.75, 3.05) is 23.0 Å². The van der Waals surface area contributed by atoms with Gasteiger partial charge in [0.1, 0.15) is 12.6 Å². The molecule has 1 aromatic heterocycles. The van der Waals surface area contributed by atoms with E-state index in [1.54, 1.807) is 11.8 Å². The number of hydrogen-bond donors (Lipinski definition) is 2. The van der Waals surface area contributed by atoms with Crippen molar-refractivity contribution in [2.24, 2.45) is 0 Å². The lowest BCUT2D eigenvalue weighted by molar-refractivity contribution is -0.113. The minimum absolute atomic E-state index is 0.201. The molecular formula is C34H39N5O3S. The molecule has 0 aliphatic carbocycles. The molecule has 8 nitrogen and oxygen atoms in total. The molecule has 0 fully saturated rings. The van der Waals surface area contributed by atoms with Gasteiger partial charge in [0.05, 0.1) is 12.2 Å². The zero-order valence-electron chi connectivity index (χ0n) is 25.4. The fourth-order valence-corrected chi connectivity index (χ4v) is 5.91. The first-order valence-corrected chi connectivity index (χ1v) is 15.8. The molecule has 0 bridgehead atoms. The molecule has 0 saturated heterocycles. The fourth-order valence-electron chi connectivity index (χ4n) is 5.00. The monoisotopic (exact) mass is 597 g/mol. The van der Waals surface area contributed by atoms with E-state index in [9.17, 15) is 4.79 Å². The van der Waals surface area contributed by atoms with E-state index in [4.69, 9.17) is 19.6 Å². The molecule has 0 radical (unpaired) electrons. The number of allylic oxidation sites excluding steroid dienone is 1. The Morgan fingerprint density at radius 1 is 1.00 bits per heavy atom. The van der Waals surface area contributed by atoms with Crippen LogP contribution in [0.25, 0.3) is 0 Å². The van der Waals surface area contributed by atoms with Gasteiger partial charge in [-0.05, 0) is 74.6 Å². The quantitative estimate of drug-likeness (QED) is 0.128. The van der Waals surface area contributed by atoms with Crippen LogP contribution < -0.4 is 20.1 Å². The summed E-state index contributed by atoms with van der Waals surface area (Å²) in [5, 5.41) is 12.1. The molecule has 1 unspecified atom stereocenters. The van der Waals surface area contributed by atoms with Gasteiger partial charge in [0, 0.05) is 17.1 Å². The summed E-state index contributed by atoms with van der Waals surface area (Å²) in [6.07, 6.45) is 2.18. The van der Waals surface area contributed by atoms with Gasteiger partial charge >= 0.3 is 0 Å². The molecule has 1 aliphatic heterocycles. The number of carbonyl (C=O) groups excluding carboxylic acids is 1. The van der Waals surface area contributed by atoms with Gasteiger partial charge in [-0.3, -0.25) is 4.79 Å². The number of ether oxygens (including phenoxy) is 2. The Balaban J connectivity index is 1.53. The van der Waals surface area contributed by atoms with Crippen LogP contribution in [0.5, 0.6) is 11.5 Å². The molecule has 0 saturated carbocycles. The van der Waals surface area contributed by atoms with E-state index in [0.29, 0.717) is 41.4 Å². The van der Waals surface area contributed by atoms with E-state index in [1.165, 1.54) is 0 Å². The Morgan fingerprint density at radius 3 is 2.58 bits per heavy atom. The maximum absolute atomic E-state index is 14.1. The van der Waals surface area contributed by atoms with Crippen molar-refractivity contribution in [1.82, 2.24) is 14.8 Å². The summed E-state index contributed by atoms with van der Waals surface area (Å²) in [7, 11) is 0. The highest BCUT2D eigenvalue weighted by Crippen LogP contribution is 2.40. The third-order valence-corrected chi connectivity index (χ3v) is 8.40. The molecule has 3 aromatic carbocycles. The number of fused-ring (bicyclic) bond motifs is 1. The third kappa shape index (κ3) is 6.88. The molecule has 1 aliphatic rings. The number of anilines is 2. The Morgan fingerprint density at radius 2 is 1.81 bits per heavy atom. The Hall–Kier alpha value is -4.24. The molecule has 1 atom stereocenters. The number of aromatic nitrogens is 3. The number of nitrogens with zero attached hydrogens (tertiary/aromatic N) is 3. The van der Waals surface area contributed by atoms with Crippen LogP contribution in [0, 0.1) is 13.8 Å². The summed E-state index contributed by atoms with van der Waals surface area (Å²) in [5.74, 6) is 2.58.